The van der Waals surface area contributed by atoms with E-state index in [-0.39, 0.29) is 11.3 Å². The van der Waals surface area contributed by atoms with E-state index in [0.29, 0.717) is 12.8 Å². The molecule has 0 radical (unpaired) electrons. The van der Waals surface area contributed by atoms with E-state index in [1.54, 1.807) is 0 Å². The van der Waals surface area contributed by atoms with Gasteiger partial charge in [0.2, 0.25) is 0 Å². The minimum Gasteiger partial charge on any atom is -0.294 e. The van der Waals surface area contributed by atoms with Crippen molar-refractivity contribution in [2.24, 2.45) is 0 Å². The van der Waals surface area contributed by atoms with Gasteiger partial charge in [0.25, 0.3) is 0 Å². The molecule has 0 saturated carbocycles. The molecule has 0 amide bonds. The Bertz CT molecular complexity index is 511. The first-order valence-corrected chi connectivity index (χ1v) is 5.44. The third-order valence-electron chi connectivity index (χ3n) is 2.56. The van der Waals surface area contributed by atoms with Crippen LogP contribution in [0.25, 0.3) is 0 Å². The number of aromatic nitrogens is 1. The highest BCUT2D eigenvalue weighted by atomic mass is 19.1. The third-order valence-corrected chi connectivity index (χ3v) is 2.56. The monoisotopic (exact) mass is 229 g/mol. The average Bonchev–Trinajstić information content (AvgIpc) is 2.38. The summed E-state index contributed by atoms with van der Waals surface area (Å²) in [4.78, 5) is 15.4. The lowest BCUT2D eigenvalue weighted by molar-refractivity contribution is 0.0979. The molecule has 1 aromatic heterocycles. The van der Waals surface area contributed by atoms with Crippen LogP contribution >= 0.6 is 0 Å². The molecule has 0 atom stereocenters. The molecule has 0 N–H and O–H groups in total. The van der Waals surface area contributed by atoms with Crippen LogP contribution in [0.15, 0.2) is 48.8 Å². The van der Waals surface area contributed by atoms with Gasteiger partial charge in [-0.15, -0.1) is 0 Å². The maximum atomic E-state index is 13.3. The summed E-state index contributed by atoms with van der Waals surface area (Å²) in [5, 5.41) is 0. The highest BCUT2D eigenvalue weighted by Gasteiger charge is 2.10. The van der Waals surface area contributed by atoms with Crippen LogP contribution in [-0.2, 0) is 6.42 Å². The molecule has 0 spiro atoms. The summed E-state index contributed by atoms with van der Waals surface area (Å²) < 4.78 is 13.3. The van der Waals surface area contributed by atoms with Crippen molar-refractivity contribution >= 4 is 5.78 Å². The number of ketones is 1. The topological polar surface area (TPSA) is 30.0 Å². The molecular formula is C14H12FNO. The summed E-state index contributed by atoms with van der Waals surface area (Å²) in [6.45, 7) is 0. The van der Waals surface area contributed by atoms with Crippen molar-refractivity contribution in [3.8, 4) is 0 Å². The summed E-state index contributed by atoms with van der Waals surface area (Å²) in [7, 11) is 0. The van der Waals surface area contributed by atoms with E-state index in [0.717, 1.165) is 11.8 Å². The van der Waals surface area contributed by atoms with Crippen molar-refractivity contribution in [1.82, 2.24) is 4.98 Å². The molecule has 0 aliphatic carbocycles. The number of halogens is 1. The lowest BCUT2D eigenvalue weighted by Crippen LogP contribution is -2.04. The number of aryl methyl sites for hydroxylation is 1. The van der Waals surface area contributed by atoms with Crippen molar-refractivity contribution in [1.29, 1.82) is 0 Å². The molecule has 17 heavy (non-hydrogen) atoms. The number of benzene rings is 1. The van der Waals surface area contributed by atoms with E-state index in [9.17, 15) is 9.18 Å². The molecule has 3 heteroatoms. The Morgan fingerprint density at radius 1 is 1.18 bits per heavy atom. The Kier molecular flexibility index (Phi) is 3.60. The number of carbonyl (C=O) groups excluding carboxylic acids is 1. The number of hydrogen-bond acceptors (Lipinski definition) is 2. The Morgan fingerprint density at radius 2 is 1.94 bits per heavy atom. The van der Waals surface area contributed by atoms with Crippen molar-refractivity contribution < 1.29 is 9.18 Å². The van der Waals surface area contributed by atoms with Crippen LogP contribution in [0.4, 0.5) is 4.39 Å². The van der Waals surface area contributed by atoms with Gasteiger partial charge in [-0.25, -0.2) is 4.39 Å². The van der Waals surface area contributed by atoms with Gasteiger partial charge < -0.3 is 0 Å². The summed E-state index contributed by atoms with van der Waals surface area (Å²) in [6, 6.07) is 11.1. The smallest absolute Gasteiger partial charge is 0.166 e. The van der Waals surface area contributed by atoms with Gasteiger partial charge >= 0.3 is 0 Å². The number of nitrogens with zero attached hydrogens (tertiary/aromatic N) is 1. The molecule has 0 aliphatic heterocycles. The minimum absolute atomic E-state index is 0.121. The first-order valence-electron chi connectivity index (χ1n) is 5.44. The number of hydrogen-bond donors (Lipinski definition) is 0. The fourth-order valence-electron chi connectivity index (χ4n) is 1.64. The van der Waals surface area contributed by atoms with Gasteiger partial charge in [-0.1, -0.05) is 30.3 Å². The van der Waals surface area contributed by atoms with Crippen LogP contribution in [0.5, 0.6) is 0 Å². The second-order valence-corrected chi connectivity index (χ2v) is 3.76. The molecule has 0 fully saturated rings. The number of carbonyl (C=O) groups is 1. The SMILES string of the molecule is O=C(CCc1ccccc1)c1ccncc1F. The van der Waals surface area contributed by atoms with Gasteiger partial charge in [-0.3, -0.25) is 9.78 Å². The zero-order valence-corrected chi connectivity index (χ0v) is 9.27. The predicted octanol–water partition coefficient (Wildman–Crippen LogP) is 3.04. The molecule has 86 valence electrons. The molecule has 1 aromatic carbocycles. The fourth-order valence-corrected chi connectivity index (χ4v) is 1.64. The molecule has 0 bridgehead atoms. The van der Waals surface area contributed by atoms with E-state index in [2.05, 4.69) is 4.98 Å². The second kappa shape index (κ2) is 5.34. The first kappa shape index (κ1) is 11.5. The van der Waals surface area contributed by atoms with Gasteiger partial charge in [-0.2, -0.15) is 0 Å². The Morgan fingerprint density at radius 3 is 2.65 bits per heavy atom. The quantitative estimate of drug-likeness (QED) is 0.754. The van der Waals surface area contributed by atoms with Crippen molar-refractivity contribution in [3.63, 3.8) is 0 Å². The van der Waals surface area contributed by atoms with E-state index in [1.807, 2.05) is 30.3 Å². The van der Waals surface area contributed by atoms with Crippen LogP contribution in [0.1, 0.15) is 22.3 Å². The van der Waals surface area contributed by atoms with Crippen LogP contribution in [0.3, 0.4) is 0 Å². The standard InChI is InChI=1S/C14H12FNO/c15-13-10-16-9-8-12(13)14(17)7-6-11-4-2-1-3-5-11/h1-5,8-10H,6-7H2. The van der Waals surface area contributed by atoms with E-state index >= 15 is 0 Å². The number of Topliss-reactive ketones (excluding diaryl/α,β-unsaturated/α-hetero) is 1. The Hall–Kier alpha value is -2.03. The molecular weight excluding hydrogens is 217 g/mol. The van der Waals surface area contributed by atoms with Crippen LogP contribution in [0, 0.1) is 5.82 Å². The Balaban J connectivity index is 2.01. The van der Waals surface area contributed by atoms with E-state index in [1.165, 1.54) is 12.3 Å². The zero-order valence-electron chi connectivity index (χ0n) is 9.27. The minimum atomic E-state index is -0.550. The predicted molar refractivity (Wildman–Crippen MR) is 63.3 cm³/mol. The maximum Gasteiger partial charge on any atom is 0.166 e. The molecule has 0 aliphatic rings. The maximum absolute atomic E-state index is 13.3. The van der Waals surface area contributed by atoms with Gasteiger partial charge in [0.05, 0.1) is 11.8 Å². The molecule has 0 unspecified atom stereocenters. The third kappa shape index (κ3) is 2.97. The van der Waals surface area contributed by atoms with Crippen molar-refractivity contribution in [2.75, 3.05) is 0 Å². The van der Waals surface area contributed by atoms with Crippen molar-refractivity contribution in [3.05, 3.63) is 65.7 Å². The van der Waals surface area contributed by atoms with Crippen LogP contribution in [-0.4, -0.2) is 10.8 Å². The second-order valence-electron chi connectivity index (χ2n) is 3.76. The summed E-state index contributed by atoms with van der Waals surface area (Å²) in [5.41, 5.74) is 1.20. The van der Waals surface area contributed by atoms with Crippen LogP contribution < -0.4 is 0 Å². The highest BCUT2D eigenvalue weighted by Crippen LogP contribution is 2.10. The summed E-state index contributed by atoms with van der Waals surface area (Å²) in [6.07, 6.45) is 3.43. The van der Waals surface area contributed by atoms with E-state index in [4.69, 9.17) is 0 Å². The van der Waals surface area contributed by atoms with E-state index < -0.39 is 5.82 Å². The molecule has 1 heterocycles. The van der Waals surface area contributed by atoms with Crippen molar-refractivity contribution in [2.45, 2.75) is 12.8 Å². The fraction of sp³-hybridized carbons (Fsp3) is 0.143. The van der Waals surface area contributed by atoms with Gasteiger partial charge in [0, 0.05) is 12.6 Å². The number of pyridine rings is 1. The van der Waals surface area contributed by atoms with Gasteiger partial charge in [-0.05, 0) is 18.1 Å². The Labute approximate surface area is 99.1 Å². The van der Waals surface area contributed by atoms with Gasteiger partial charge in [0.1, 0.15) is 0 Å². The largest absolute Gasteiger partial charge is 0.294 e. The average molecular weight is 229 g/mol. The molecule has 2 nitrogen and oxygen atoms in total. The zero-order chi connectivity index (χ0) is 12.1. The lowest BCUT2D eigenvalue weighted by atomic mass is 10.0. The first-order chi connectivity index (χ1) is 8.27. The van der Waals surface area contributed by atoms with Gasteiger partial charge in [0.15, 0.2) is 11.6 Å². The lowest BCUT2D eigenvalue weighted by Gasteiger charge is -2.02. The summed E-state index contributed by atoms with van der Waals surface area (Å²) >= 11 is 0. The highest BCUT2D eigenvalue weighted by molar-refractivity contribution is 5.96. The van der Waals surface area contributed by atoms with Crippen LogP contribution in [0.2, 0.25) is 0 Å². The molecule has 2 aromatic rings. The normalized spacial score (nSPS) is 10.2. The molecule has 2 rings (SSSR count). The number of rotatable bonds is 4. The molecule has 0 saturated heterocycles. The summed E-state index contributed by atoms with van der Waals surface area (Å²) in [5.74, 6) is -0.737.